The first-order chi connectivity index (χ1) is 9.66. The molecule has 1 N–H and O–H groups in total. The van der Waals surface area contributed by atoms with Crippen molar-refractivity contribution in [2.75, 3.05) is 14.2 Å². The van der Waals surface area contributed by atoms with Crippen molar-refractivity contribution >= 4 is 5.97 Å². The Balaban J connectivity index is 1.90. The Morgan fingerprint density at radius 2 is 2.10 bits per heavy atom. The predicted molar refractivity (Wildman–Crippen MR) is 75.9 cm³/mol. The summed E-state index contributed by atoms with van der Waals surface area (Å²) in [5.74, 6) is 0.703. The average molecular weight is 275 g/mol. The van der Waals surface area contributed by atoms with Crippen LogP contribution in [0.1, 0.15) is 30.4 Å². The number of carbonyl (C=O) groups excluding carboxylic acids is 1. The van der Waals surface area contributed by atoms with E-state index in [0.29, 0.717) is 12.5 Å². The van der Waals surface area contributed by atoms with Gasteiger partial charge in [0, 0.05) is 12.5 Å². The van der Waals surface area contributed by atoms with E-state index in [1.54, 1.807) is 7.11 Å². The summed E-state index contributed by atoms with van der Waals surface area (Å²) in [5.41, 5.74) is 1.94. The Bertz CT molecular complexity index is 524. The number of rotatable bonds is 4. The van der Waals surface area contributed by atoms with Gasteiger partial charge < -0.3 is 9.47 Å². The number of hydrogen-bond donors (Lipinski definition) is 1. The summed E-state index contributed by atoms with van der Waals surface area (Å²) in [6.07, 6.45) is 4.69. The van der Waals surface area contributed by atoms with Crippen LogP contribution in [0, 0.1) is 0 Å². The Kier molecular flexibility index (Phi) is 3.42. The quantitative estimate of drug-likeness (QED) is 0.852. The third kappa shape index (κ3) is 2.40. The predicted octanol–water partition coefficient (Wildman–Crippen LogP) is 1.85. The Morgan fingerprint density at radius 3 is 2.75 bits per heavy atom. The van der Waals surface area contributed by atoms with Crippen LogP contribution in [-0.2, 0) is 22.4 Å². The van der Waals surface area contributed by atoms with Gasteiger partial charge in [-0.15, -0.1) is 0 Å². The Labute approximate surface area is 119 Å². The summed E-state index contributed by atoms with van der Waals surface area (Å²) in [6.45, 7) is 0. The summed E-state index contributed by atoms with van der Waals surface area (Å²) >= 11 is 0. The van der Waals surface area contributed by atoms with Gasteiger partial charge in [-0.25, -0.2) is 0 Å². The first kappa shape index (κ1) is 13.4. The summed E-state index contributed by atoms with van der Waals surface area (Å²) in [7, 11) is 3.14. The van der Waals surface area contributed by atoms with Crippen molar-refractivity contribution in [3.63, 3.8) is 0 Å². The smallest absolute Gasteiger partial charge is 0.326 e. The van der Waals surface area contributed by atoms with E-state index in [9.17, 15) is 4.79 Å². The minimum atomic E-state index is -0.560. The van der Waals surface area contributed by atoms with Crippen molar-refractivity contribution in [1.29, 1.82) is 0 Å². The molecule has 4 heteroatoms. The van der Waals surface area contributed by atoms with Gasteiger partial charge in [0.2, 0.25) is 0 Å². The number of carbonyl (C=O) groups is 1. The molecule has 0 aliphatic heterocycles. The number of fused-ring (bicyclic) bond motifs is 1. The molecule has 0 saturated heterocycles. The second-order valence-electron chi connectivity index (χ2n) is 5.80. The summed E-state index contributed by atoms with van der Waals surface area (Å²) in [5, 5.41) is 3.52. The van der Waals surface area contributed by atoms with E-state index in [-0.39, 0.29) is 5.97 Å². The van der Waals surface area contributed by atoms with Gasteiger partial charge in [0.05, 0.1) is 14.2 Å². The van der Waals surface area contributed by atoms with Crippen LogP contribution in [0.2, 0.25) is 0 Å². The second kappa shape index (κ2) is 5.09. The van der Waals surface area contributed by atoms with E-state index in [1.165, 1.54) is 18.2 Å². The highest BCUT2D eigenvalue weighted by atomic mass is 16.5. The molecule has 0 radical (unpaired) electrons. The largest absolute Gasteiger partial charge is 0.497 e. The molecule has 0 aromatic heterocycles. The summed E-state index contributed by atoms with van der Waals surface area (Å²) in [4.78, 5) is 12.3. The van der Waals surface area contributed by atoms with E-state index < -0.39 is 5.54 Å². The van der Waals surface area contributed by atoms with Gasteiger partial charge in [0.1, 0.15) is 11.3 Å². The van der Waals surface area contributed by atoms with Gasteiger partial charge >= 0.3 is 5.97 Å². The standard InChI is InChI=1S/C16H21NO3/c1-19-14-6-3-11-7-8-16(15(18)20-2,10-12(11)9-14)17-13-4-5-13/h3,6,9,13,17H,4-5,7-8,10H2,1-2H3. The zero-order chi connectivity index (χ0) is 14.2. The third-order valence-corrected chi connectivity index (χ3v) is 4.36. The minimum Gasteiger partial charge on any atom is -0.497 e. The third-order valence-electron chi connectivity index (χ3n) is 4.36. The topological polar surface area (TPSA) is 47.6 Å². The van der Waals surface area contributed by atoms with E-state index in [2.05, 4.69) is 11.4 Å². The fraction of sp³-hybridized carbons (Fsp3) is 0.562. The fourth-order valence-corrected chi connectivity index (χ4v) is 3.07. The number of hydrogen-bond acceptors (Lipinski definition) is 4. The maximum atomic E-state index is 12.3. The van der Waals surface area contributed by atoms with Crippen molar-refractivity contribution in [2.24, 2.45) is 0 Å². The lowest BCUT2D eigenvalue weighted by atomic mass is 9.77. The zero-order valence-electron chi connectivity index (χ0n) is 12.1. The SMILES string of the molecule is COC(=O)C1(NC2CC2)CCc2ccc(OC)cc2C1. The Hall–Kier alpha value is -1.55. The summed E-state index contributed by atoms with van der Waals surface area (Å²) < 4.78 is 10.4. The van der Waals surface area contributed by atoms with Crippen molar-refractivity contribution in [3.05, 3.63) is 29.3 Å². The normalized spacial score (nSPS) is 24.9. The number of aryl methyl sites for hydroxylation is 1. The highest BCUT2D eigenvalue weighted by molar-refractivity contribution is 5.82. The van der Waals surface area contributed by atoms with Crippen LogP contribution in [0.25, 0.3) is 0 Å². The molecular formula is C16H21NO3. The molecule has 20 heavy (non-hydrogen) atoms. The molecule has 1 atom stereocenters. The highest BCUT2D eigenvalue weighted by Gasteiger charge is 2.45. The van der Waals surface area contributed by atoms with Gasteiger partial charge in [0.15, 0.2) is 0 Å². The maximum absolute atomic E-state index is 12.3. The molecule has 0 amide bonds. The molecule has 2 aliphatic rings. The van der Waals surface area contributed by atoms with Gasteiger partial charge in [-0.3, -0.25) is 10.1 Å². The number of ether oxygens (including phenoxy) is 2. The van der Waals surface area contributed by atoms with Crippen LogP contribution in [0.4, 0.5) is 0 Å². The fourth-order valence-electron chi connectivity index (χ4n) is 3.07. The monoisotopic (exact) mass is 275 g/mol. The molecule has 0 spiro atoms. The second-order valence-corrected chi connectivity index (χ2v) is 5.80. The minimum absolute atomic E-state index is 0.141. The maximum Gasteiger partial charge on any atom is 0.326 e. The van der Waals surface area contributed by atoms with E-state index in [0.717, 1.165) is 31.4 Å². The number of esters is 1. The van der Waals surface area contributed by atoms with Gasteiger partial charge in [0.25, 0.3) is 0 Å². The molecule has 4 nitrogen and oxygen atoms in total. The molecule has 0 heterocycles. The molecule has 1 aromatic rings. The van der Waals surface area contributed by atoms with Crippen molar-refractivity contribution in [1.82, 2.24) is 5.32 Å². The number of nitrogens with one attached hydrogen (secondary N) is 1. The van der Waals surface area contributed by atoms with Crippen LogP contribution in [0.15, 0.2) is 18.2 Å². The molecule has 2 aliphatic carbocycles. The zero-order valence-corrected chi connectivity index (χ0v) is 12.1. The van der Waals surface area contributed by atoms with Crippen molar-refractivity contribution in [3.8, 4) is 5.75 Å². The van der Waals surface area contributed by atoms with E-state index >= 15 is 0 Å². The lowest BCUT2D eigenvalue weighted by molar-refractivity contribution is -0.149. The molecular weight excluding hydrogens is 254 g/mol. The Morgan fingerprint density at radius 1 is 1.30 bits per heavy atom. The molecule has 1 aromatic carbocycles. The van der Waals surface area contributed by atoms with Gasteiger partial charge in [-0.2, -0.15) is 0 Å². The van der Waals surface area contributed by atoms with Crippen molar-refractivity contribution in [2.45, 2.75) is 43.7 Å². The van der Waals surface area contributed by atoms with Crippen LogP contribution in [0.3, 0.4) is 0 Å². The van der Waals surface area contributed by atoms with Crippen LogP contribution in [-0.4, -0.2) is 31.8 Å². The van der Waals surface area contributed by atoms with Gasteiger partial charge in [-0.1, -0.05) is 6.07 Å². The van der Waals surface area contributed by atoms with E-state index in [4.69, 9.17) is 9.47 Å². The number of methoxy groups -OCH3 is 2. The lowest BCUT2D eigenvalue weighted by Crippen LogP contribution is -2.57. The lowest BCUT2D eigenvalue weighted by Gasteiger charge is -2.36. The first-order valence-electron chi connectivity index (χ1n) is 7.19. The highest BCUT2D eigenvalue weighted by Crippen LogP contribution is 2.34. The molecule has 108 valence electrons. The first-order valence-corrected chi connectivity index (χ1v) is 7.19. The molecule has 1 saturated carbocycles. The van der Waals surface area contributed by atoms with Gasteiger partial charge in [-0.05, 0) is 48.9 Å². The molecule has 0 bridgehead atoms. The van der Waals surface area contributed by atoms with Crippen LogP contribution >= 0.6 is 0 Å². The molecule has 3 rings (SSSR count). The van der Waals surface area contributed by atoms with Crippen LogP contribution in [0.5, 0.6) is 5.75 Å². The average Bonchev–Trinajstić information content (AvgIpc) is 3.29. The summed E-state index contributed by atoms with van der Waals surface area (Å²) in [6, 6.07) is 6.60. The van der Waals surface area contributed by atoms with Crippen molar-refractivity contribution < 1.29 is 14.3 Å². The molecule has 1 unspecified atom stereocenters. The number of benzene rings is 1. The molecule has 1 fully saturated rings. The van der Waals surface area contributed by atoms with E-state index in [1.807, 2.05) is 12.1 Å². The van der Waals surface area contributed by atoms with Crippen LogP contribution < -0.4 is 10.1 Å².